The smallest absolute Gasteiger partial charge is 0.254 e. The van der Waals surface area contributed by atoms with E-state index in [-0.39, 0.29) is 11.8 Å². The van der Waals surface area contributed by atoms with Crippen LogP contribution >= 0.6 is 34.2 Å². The predicted molar refractivity (Wildman–Crippen MR) is 120 cm³/mol. The summed E-state index contributed by atoms with van der Waals surface area (Å²) in [5.74, 6) is -0.394. The number of benzene rings is 2. The maximum absolute atomic E-state index is 13.5. The van der Waals surface area contributed by atoms with Gasteiger partial charge in [0.1, 0.15) is 6.04 Å². The van der Waals surface area contributed by atoms with Crippen LogP contribution in [0, 0.1) is 3.57 Å². The maximum atomic E-state index is 13.5. The summed E-state index contributed by atoms with van der Waals surface area (Å²) in [7, 11) is 0. The number of ether oxygens (including phenoxy) is 1. The van der Waals surface area contributed by atoms with Gasteiger partial charge in [-0.2, -0.15) is 0 Å². The van der Waals surface area contributed by atoms with Crippen molar-refractivity contribution in [3.63, 3.8) is 0 Å². The van der Waals surface area contributed by atoms with E-state index >= 15 is 0 Å². The molecule has 0 aromatic heterocycles. The molecule has 4 rings (SSSR count). The number of halogens is 2. The minimum absolute atomic E-state index is 0.145. The molecule has 8 heteroatoms. The number of hydrogen-bond donors (Lipinski definition) is 1. The molecule has 2 aliphatic heterocycles. The molecule has 1 fully saturated rings. The van der Waals surface area contributed by atoms with E-state index in [1.165, 1.54) is 0 Å². The first-order valence-electron chi connectivity index (χ1n) is 9.50. The summed E-state index contributed by atoms with van der Waals surface area (Å²) in [5, 5.41) is 3.49. The normalized spacial score (nSPS) is 20.2. The Labute approximate surface area is 188 Å². The van der Waals surface area contributed by atoms with E-state index in [1.807, 2.05) is 18.2 Å². The van der Waals surface area contributed by atoms with Gasteiger partial charge in [0.05, 0.1) is 24.5 Å². The van der Waals surface area contributed by atoms with Crippen LogP contribution < -0.4 is 10.2 Å². The number of nitrogens with one attached hydrogen (secondary N) is 1. The van der Waals surface area contributed by atoms with E-state index < -0.39 is 6.04 Å². The van der Waals surface area contributed by atoms with E-state index in [9.17, 15) is 9.59 Å². The van der Waals surface area contributed by atoms with Gasteiger partial charge in [-0.1, -0.05) is 23.7 Å². The predicted octanol–water partition coefficient (Wildman–Crippen LogP) is 3.09. The third kappa shape index (κ3) is 4.58. The molecule has 1 atom stereocenters. The largest absolute Gasteiger partial charge is 0.379 e. The van der Waals surface area contributed by atoms with Crippen molar-refractivity contribution in [3.8, 4) is 0 Å². The molecular weight excluding hydrogens is 505 g/mol. The molecule has 0 spiro atoms. The van der Waals surface area contributed by atoms with Crippen LogP contribution in [0.4, 0.5) is 5.69 Å². The van der Waals surface area contributed by atoms with Crippen LogP contribution in [-0.2, 0) is 9.53 Å². The second kappa shape index (κ2) is 8.99. The monoisotopic (exact) mass is 525 g/mol. The average molecular weight is 526 g/mol. The Hall–Kier alpha value is -1.68. The molecule has 0 radical (unpaired) electrons. The Morgan fingerprint density at radius 1 is 1.07 bits per heavy atom. The SMILES string of the molecule is O=C1NC(c2ccc(Cl)cc2)C(=O)N(CCN2CCOCC2)c2ccc(I)cc21. The maximum Gasteiger partial charge on any atom is 0.254 e. The Morgan fingerprint density at radius 3 is 2.52 bits per heavy atom. The number of anilines is 1. The van der Waals surface area contributed by atoms with Gasteiger partial charge in [0.15, 0.2) is 0 Å². The van der Waals surface area contributed by atoms with Gasteiger partial charge in [-0.05, 0) is 58.5 Å². The van der Waals surface area contributed by atoms with Gasteiger partial charge in [0, 0.05) is 34.8 Å². The van der Waals surface area contributed by atoms with Crippen LogP contribution in [0.1, 0.15) is 22.0 Å². The number of hydrogen-bond acceptors (Lipinski definition) is 4. The van der Waals surface area contributed by atoms with Crippen LogP contribution in [0.3, 0.4) is 0 Å². The second-order valence-electron chi connectivity index (χ2n) is 7.06. The van der Waals surface area contributed by atoms with Crippen molar-refractivity contribution in [1.82, 2.24) is 10.2 Å². The summed E-state index contributed by atoms with van der Waals surface area (Å²) in [4.78, 5) is 30.5. The molecule has 2 amide bonds. The third-order valence-electron chi connectivity index (χ3n) is 5.23. The summed E-state index contributed by atoms with van der Waals surface area (Å²) in [6.45, 7) is 4.33. The molecule has 2 heterocycles. The van der Waals surface area contributed by atoms with Gasteiger partial charge >= 0.3 is 0 Å². The Bertz CT molecular complexity index is 916. The van der Waals surface area contributed by atoms with Crippen molar-refractivity contribution >= 4 is 51.7 Å². The lowest BCUT2D eigenvalue weighted by Gasteiger charge is -2.31. The number of nitrogens with zero attached hydrogens (tertiary/aromatic N) is 2. The van der Waals surface area contributed by atoms with E-state index in [1.54, 1.807) is 29.2 Å². The topological polar surface area (TPSA) is 61.9 Å². The average Bonchev–Trinajstić information content (AvgIpc) is 2.83. The summed E-state index contributed by atoms with van der Waals surface area (Å²) >= 11 is 8.18. The zero-order chi connectivity index (χ0) is 20.4. The molecular formula is C21H21ClIN3O3. The summed E-state index contributed by atoms with van der Waals surface area (Å²) in [5.41, 5.74) is 1.88. The quantitative estimate of drug-likeness (QED) is 0.624. The van der Waals surface area contributed by atoms with Crippen molar-refractivity contribution in [2.45, 2.75) is 6.04 Å². The Morgan fingerprint density at radius 2 is 1.79 bits per heavy atom. The minimum atomic E-state index is -0.755. The summed E-state index contributed by atoms with van der Waals surface area (Å²) in [6.07, 6.45) is 0. The van der Waals surface area contributed by atoms with E-state index in [4.69, 9.17) is 16.3 Å². The number of morpholine rings is 1. The van der Waals surface area contributed by atoms with E-state index in [0.29, 0.717) is 41.6 Å². The third-order valence-corrected chi connectivity index (χ3v) is 6.15. The lowest BCUT2D eigenvalue weighted by atomic mass is 10.1. The van der Waals surface area contributed by atoms with Crippen LogP contribution in [0.2, 0.25) is 5.02 Å². The summed E-state index contributed by atoms with van der Waals surface area (Å²) in [6, 6.07) is 11.9. The molecule has 152 valence electrons. The first-order valence-corrected chi connectivity index (χ1v) is 11.0. The van der Waals surface area contributed by atoms with Gasteiger partial charge in [0.25, 0.3) is 11.8 Å². The first kappa shape index (κ1) is 20.6. The molecule has 0 bridgehead atoms. The molecule has 1 N–H and O–H groups in total. The van der Waals surface area contributed by atoms with Crippen molar-refractivity contribution in [3.05, 3.63) is 62.2 Å². The minimum Gasteiger partial charge on any atom is -0.379 e. The highest BCUT2D eigenvalue weighted by molar-refractivity contribution is 14.1. The second-order valence-corrected chi connectivity index (χ2v) is 8.75. The lowest BCUT2D eigenvalue weighted by molar-refractivity contribution is -0.120. The Balaban J connectivity index is 1.67. The number of rotatable bonds is 4. The van der Waals surface area contributed by atoms with Crippen LogP contribution in [-0.4, -0.2) is 56.1 Å². The summed E-state index contributed by atoms with van der Waals surface area (Å²) < 4.78 is 6.36. The zero-order valence-corrected chi connectivity index (χ0v) is 18.6. The highest BCUT2D eigenvalue weighted by Crippen LogP contribution is 2.30. The van der Waals surface area contributed by atoms with Crippen LogP contribution in [0.15, 0.2) is 42.5 Å². The number of amides is 2. The number of carbonyl (C=O) groups is 2. The molecule has 0 aliphatic carbocycles. The molecule has 6 nitrogen and oxygen atoms in total. The van der Waals surface area contributed by atoms with E-state index in [2.05, 4.69) is 32.8 Å². The molecule has 2 aromatic carbocycles. The van der Waals surface area contributed by atoms with Gasteiger partial charge in [0.2, 0.25) is 0 Å². The van der Waals surface area contributed by atoms with Crippen molar-refractivity contribution in [2.75, 3.05) is 44.3 Å². The standard InChI is InChI=1S/C21H21ClIN3O3/c22-15-3-1-14(2-4-15)19-21(28)26(8-7-25-9-11-29-12-10-25)18-6-5-16(23)13-17(18)20(27)24-19/h1-6,13,19H,7-12H2,(H,24,27). The van der Waals surface area contributed by atoms with Crippen LogP contribution in [0.5, 0.6) is 0 Å². The van der Waals surface area contributed by atoms with Gasteiger partial charge < -0.3 is 15.0 Å². The zero-order valence-electron chi connectivity index (χ0n) is 15.7. The van der Waals surface area contributed by atoms with Crippen molar-refractivity contribution < 1.29 is 14.3 Å². The highest BCUT2D eigenvalue weighted by atomic mass is 127. The van der Waals surface area contributed by atoms with Crippen molar-refractivity contribution in [2.24, 2.45) is 0 Å². The number of carbonyl (C=O) groups excluding carboxylic acids is 2. The Kier molecular flexibility index (Phi) is 6.38. The molecule has 29 heavy (non-hydrogen) atoms. The van der Waals surface area contributed by atoms with Crippen LogP contribution in [0.25, 0.3) is 0 Å². The lowest BCUT2D eigenvalue weighted by Crippen LogP contribution is -2.45. The molecule has 2 aromatic rings. The van der Waals surface area contributed by atoms with Gasteiger partial charge in [-0.15, -0.1) is 0 Å². The molecule has 2 aliphatic rings. The van der Waals surface area contributed by atoms with Gasteiger partial charge in [-0.3, -0.25) is 14.5 Å². The first-order chi connectivity index (χ1) is 14.0. The fourth-order valence-corrected chi connectivity index (χ4v) is 4.27. The fraction of sp³-hybridized carbons (Fsp3) is 0.333. The fourth-order valence-electron chi connectivity index (χ4n) is 3.65. The highest BCUT2D eigenvalue weighted by Gasteiger charge is 2.35. The number of fused-ring (bicyclic) bond motifs is 1. The van der Waals surface area contributed by atoms with E-state index in [0.717, 1.165) is 23.2 Å². The van der Waals surface area contributed by atoms with Crippen molar-refractivity contribution in [1.29, 1.82) is 0 Å². The molecule has 0 saturated carbocycles. The molecule has 1 unspecified atom stereocenters. The van der Waals surface area contributed by atoms with Gasteiger partial charge in [-0.25, -0.2) is 0 Å². The molecule has 1 saturated heterocycles.